The molecule has 0 unspecified atom stereocenters. The minimum Gasteiger partial charge on any atom is -0.507 e. The van der Waals surface area contributed by atoms with Crippen molar-refractivity contribution >= 4 is 22.0 Å². The molecule has 1 aromatic carbocycles. The van der Waals surface area contributed by atoms with Crippen molar-refractivity contribution in [2.24, 2.45) is 0 Å². The zero-order valence-electron chi connectivity index (χ0n) is 14.5. The van der Waals surface area contributed by atoms with Crippen LogP contribution in [0.25, 0.3) is 6.08 Å². The summed E-state index contributed by atoms with van der Waals surface area (Å²) in [6.45, 7) is 1.69. The number of aromatic nitrogens is 1. The van der Waals surface area contributed by atoms with Gasteiger partial charge < -0.3 is 14.8 Å². The number of hydrogen-bond acceptors (Lipinski definition) is 6. The molecule has 0 aliphatic rings. The van der Waals surface area contributed by atoms with E-state index in [1.54, 1.807) is 31.2 Å². The molecule has 0 saturated carbocycles. The van der Waals surface area contributed by atoms with Crippen LogP contribution in [0.4, 0.5) is 0 Å². The molecule has 1 aromatic heterocycles. The summed E-state index contributed by atoms with van der Waals surface area (Å²) in [5, 5.41) is 9.81. The van der Waals surface area contributed by atoms with Gasteiger partial charge in [-0.15, -0.1) is 0 Å². The van der Waals surface area contributed by atoms with Crippen LogP contribution < -0.4 is 10.3 Å². The Labute approximate surface area is 155 Å². The van der Waals surface area contributed by atoms with E-state index in [4.69, 9.17) is 9.29 Å². The third kappa shape index (κ3) is 6.39. The van der Waals surface area contributed by atoms with E-state index in [1.807, 2.05) is 0 Å². The van der Waals surface area contributed by atoms with Crippen LogP contribution in [0.2, 0.25) is 0 Å². The largest absolute Gasteiger partial charge is 0.507 e. The molecule has 0 spiro atoms. The van der Waals surface area contributed by atoms with Gasteiger partial charge in [0.25, 0.3) is 15.7 Å². The SMILES string of the molecule is Cc1cc(O)c(C(=O)/C=C/c2cccc(OCCCS(=O)(=O)O)c2)c(=O)[nH]1. The molecule has 2 aromatic rings. The number of rotatable bonds is 8. The molecule has 0 aliphatic carbocycles. The van der Waals surface area contributed by atoms with Crippen LogP contribution in [-0.4, -0.2) is 41.2 Å². The number of nitrogens with one attached hydrogen (secondary N) is 1. The van der Waals surface area contributed by atoms with Crippen molar-refractivity contribution in [3.8, 4) is 11.5 Å². The number of benzene rings is 1. The molecule has 0 aliphatic heterocycles. The second-order valence-electron chi connectivity index (χ2n) is 5.80. The normalized spacial score (nSPS) is 11.6. The van der Waals surface area contributed by atoms with Gasteiger partial charge in [0.2, 0.25) is 0 Å². The number of hydrogen-bond donors (Lipinski definition) is 3. The first kappa shape index (κ1) is 20.4. The Morgan fingerprint density at radius 2 is 2.04 bits per heavy atom. The minimum atomic E-state index is -4.02. The van der Waals surface area contributed by atoms with Gasteiger partial charge in [-0.1, -0.05) is 18.2 Å². The van der Waals surface area contributed by atoms with Gasteiger partial charge in [-0.05, 0) is 43.2 Å². The average Bonchev–Trinajstić information content (AvgIpc) is 2.55. The lowest BCUT2D eigenvalue weighted by atomic mass is 10.1. The van der Waals surface area contributed by atoms with Crippen molar-refractivity contribution < 1.29 is 27.6 Å². The van der Waals surface area contributed by atoms with Crippen LogP contribution in [-0.2, 0) is 10.1 Å². The quantitative estimate of drug-likeness (QED) is 0.270. The summed E-state index contributed by atoms with van der Waals surface area (Å²) in [6.07, 6.45) is 2.76. The molecular weight excluding hydrogens is 374 g/mol. The van der Waals surface area contributed by atoms with E-state index in [2.05, 4.69) is 4.98 Å². The minimum absolute atomic E-state index is 0.0957. The summed E-state index contributed by atoms with van der Waals surface area (Å²) >= 11 is 0. The summed E-state index contributed by atoms with van der Waals surface area (Å²) in [5.74, 6) is -0.971. The van der Waals surface area contributed by atoms with Gasteiger partial charge in [0.1, 0.15) is 17.1 Å². The molecule has 0 saturated heterocycles. The van der Waals surface area contributed by atoms with Gasteiger partial charge in [-0.25, -0.2) is 0 Å². The summed E-state index contributed by atoms with van der Waals surface area (Å²) in [4.78, 5) is 26.5. The summed E-state index contributed by atoms with van der Waals surface area (Å²) in [7, 11) is -4.02. The zero-order valence-corrected chi connectivity index (χ0v) is 15.3. The van der Waals surface area contributed by atoms with Crippen molar-refractivity contribution in [2.45, 2.75) is 13.3 Å². The highest BCUT2D eigenvalue weighted by molar-refractivity contribution is 7.85. The highest BCUT2D eigenvalue weighted by atomic mass is 32.2. The Morgan fingerprint density at radius 1 is 1.30 bits per heavy atom. The number of aryl methyl sites for hydroxylation is 1. The standard InChI is InChI=1S/C18H19NO7S/c1-12-10-16(21)17(18(22)19-12)15(20)7-6-13-4-2-5-14(11-13)26-8-3-9-27(23,24)25/h2,4-7,10-11H,3,8-9H2,1H3,(H2,19,21,22)(H,23,24,25)/b7-6+. The molecule has 0 bridgehead atoms. The van der Waals surface area contributed by atoms with Crippen LogP contribution in [0.5, 0.6) is 11.5 Å². The Hall–Kier alpha value is -2.91. The number of ether oxygens (including phenoxy) is 1. The maximum absolute atomic E-state index is 12.2. The van der Waals surface area contributed by atoms with Crippen LogP contribution >= 0.6 is 0 Å². The van der Waals surface area contributed by atoms with Gasteiger partial charge in [0.15, 0.2) is 5.78 Å². The molecule has 0 amide bonds. The number of carbonyl (C=O) groups is 1. The number of carbonyl (C=O) groups excluding carboxylic acids is 1. The van der Waals surface area contributed by atoms with E-state index in [0.717, 1.165) is 6.08 Å². The molecule has 0 radical (unpaired) electrons. The highest BCUT2D eigenvalue weighted by Gasteiger charge is 2.14. The molecule has 1 heterocycles. The number of pyridine rings is 1. The maximum atomic E-state index is 12.2. The Bertz CT molecular complexity index is 1020. The predicted octanol–water partition coefficient (Wildman–Crippen LogP) is 1.94. The number of allylic oxidation sites excluding steroid dienone is 1. The van der Waals surface area contributed by atoms with Gasteiger partial charge in [0.05, 0.1) is 12.4 Å². The first-order valence-electron chi connectivity index (χ1n) is 7.99. The number of H-pyrrole nitrogens is 1. The van der Waals surface area contributed by atoms with Crippen molar-refractivity contribution in [3.63, 3.8) is 0 Å². The molecule has 9 heteroatoms. The second-order valence-corrected chi connectivity index (χ2v) is 7.37. The van der Waals surface area contributed by atoms with Crippen molar-refractivity contribution in [2.75, 3.05) is 12.4 Å². The van der Waals surface area contributed by atoms with Crippen molar-refractivity contribution in [1.82, 2.24) is 4.98 Å². The van der Waals surface area contributed by atoms with E-state index in [1.165, 1.54) is 12.1 Å². The van der Waals surface area contributed by atoms with Crippen molar-refractivity contribution in [3.05, 3.63) is 63.6 Å². The fourth-order valence-corrected chi connectivity index (χ4v) is 2.79. The van der Waals surface area contributed by atoms with Crippen LogP contribution in [0.3, 0.4) is 0 Å². The maximum Gasteiger partial charge on any atom is 0.264 e. The van der Waals surface area contributed by atoms with Crippen LogP contribution in [0.1, 0.15) is 28.0 Å². The van der Waals surface area contributed by atoms with E-state index in [9.17, 15) is 23.1 Å². The van der Waals surface area contributed by atoms with E-state index >= 15 is 0 Å². The van der Waals surface area contributed by atoms with Crippen LogP contribution in [0.15, 0.2) is 41.2 Å². The Balaban J connectivity index is 2.05. The average molecular weight is 393 g/mol. The molecule has 0 fully saturated rings. The molecule has 8 nitrogen and oxygen atoms in total. The lowest BCUT2D eigenvalue weighted by Gasteiger charge is -2.06. The van der Waals surface area contributed by atoms with Crippen molar-refractivity contribution in [1.29, 1.82) is 0 Å². The number of ketones is 1. The monoisotopic (exact) mass is 393 g/mol. The second kappa shape index (κ2) is 8.65. The first-order valence-corrected chi connectivity index (χ1v) is 9.60. The molecule has 2 rings (SSSR count). The molecular formula is C18H19NO7S. The lowest BCUT2D eigenvalue weighted by Crippen LogP contribution is -2.17. The molecule has 144 valence electrons. The van der Waals surface area contributed by atoms with Gasteiger partial charge in [-0.2, -0.15) is 8.42 Å². The molecule has 27 heavy (non-hydrogen) atoms. The van der Waals surface area contributed by atoms with E-state index in [-0.39, 0.29) is 24.3 Å². The van der Waals surface area contributed by atoms with Gasteiger partial charge in [0, 0.05) is 5.69 Å². The molecule has 0 atom stereocenters. The predicted molar refractivity (Wildman–Crippen MR) is 99.8 cm³/mol. The summed E-state index contributed by atoms with van der Waals surface area (Å²) in [5.41, 5.74) is 0.0445. The fourth-order valence-electron chi connectivity index (χ4n) is 2.30. The van der Waals surface area contributed by atoms with Gasteiger partial charge in [-0.3, -0.25) is 14.1 Å². The Morgan fingerprint density at radius 3 is 2.70 bits per heavy atom. The molecule has 3 N–H and O–H groups in total. The summed E-state index contributed by atoms with van der Waals surface area (Å²) < 4.78 is 35.3. The lowest BCUT2D eigenvalue weighted by molar-refractivity contribution is 0.104. The summed E-state index contributed by atoms with van der Waals surface area (Å²) in [6, 6.07) is 7.95. The fraction of sp³-hybridized carbons (Fsp3) is 0.222. The number of aromatic hydroxyl groups is 1. The first-order chi connectivity index (χ1) is 12.7. The van der Waals surface area contributed by atoms with E-state index < -0.39 is 27.2 Å². The van der Waals surface area contributed by atoms with Crippen LogP contribution in [0, 0.1) is 6.92 Å². The smallest absolute Gasteiger partial charge is 0.264 e. The van der Waals surface area contributed by atoms with Gasteiger partial charge >= 0.3 is 0 Å². The highest BCUT2D eigenvalue weighted by Crippen LogP contribution is 2.17. The third-order valence-electron chi connectivity index (χ3n) is 3.49. The topological polar surface area (TPSA) is 134 Å². The zero-order chi connectivity index (χ0) is 20.0. The number of aromatic amines is 1. The van der Waals surface area contributed by atoms with E-state index in [0.29, 0.717) is 17.0 Å². The third-order valence-corrected chi connectivity index (χ3v) is 4.30. The Kier molecular flexibility index (Phi) is 6.54.